The number of amides is 1. The van der Waals surface area contributed by atoms with E-state index < -0.39 is 0 Å². The minimum atomic E-state index is -0.0300. The SMILES string of the molecule is CCOc1ccc(C)nc1C(=O)N1C2CC(C2)[C@@H](C)C1CN. The smallest absolute Gasteiger partial charge is 0.276 e. The highest BCUT2D eigenvalue weighted by Gasteiger charge is 2.50. The molecule has 1 amide bonds. The first-order valence-electron chi connectivity index (χ1n) is 8.20. The van der Waals surface area contributed by atoms with Crippen LogP contribution in [0.5, 0.6) is 5.75 Å². The fourth-order valence-corrected chi connectivity index (χ4v) is 3.86. The Kier molecular flexibility index (Phi) is 4.08. The number of aromatic nitrogens is 1. The number of aryl methyl sites for hydroxylation is 1. The van der Waals surface area contributed by atoms with Crippen LogP contribution in [0.3, 0.4) is 0 Å². The summed E-state index contributed by atoms with van der Waals surface area (Å²) < 4.78 is 5.61. The van der Waals surface area contributed by atoms with Crippen molar-refractivity contribution in [1.29, 1.82) is 0 Å². The van der Waals surface area contributed by atoms with Crippen molar-refractivity contribution in [3.8, 4) is 5.75 Å². The van der Waals surface area contributed by atoms with Gasteiger partial charge >= 0.3 is 0 Å². The Balaban J connectivity index is 1.94. The number of carbonyl (C=O) groups is 1. The van der Waals surface area contributed by atoms with Gasteiger partial charge in [0.25, 0.3) is 5.91 Å². The summed E-state index contributed by atoms with van der Waals surface area (Å²) in [6.45, 7) is 7.05. The van der Waals surface area contributed by atoms with Crippen molar-refractivity contribution >= 4 is 5.91 Å². The molecule has 2 atom stereocenters. The highest BCUT2D eigenvalue weighted by atomic mass is 16.5. The number of rotatable bonds is 4. The van der Waals surface area contributed by atoms with Crippen LogP contribution in [-0.4, -0.2) is 41.0 Å². The maximum atomic E-state index is 13.1. The van der Waals surface area contributed by atoms with Crippen LogP contribution >= 0.6 is 0 Å². The average Bonchev–Trinajstić information content (AvgIpc) is 2.46. The van der Waals surface area contributed by atoms with Crippen molar-refractivity contribution < 1.29 is 9.53 Å². The molecule has 1 saturated carbocycles. The minimum Gasteiger partial charge on any atom is -0.491 e. The molecule has 5 heteroatoms. The van der Waals surface area contributed by atoms with Gasteiger partial charge in [0.1, 0.15) is 0 Å². The van der Waals surface area contributed by atoms with Crippen molar-refractivity contribution in [2.45, 2.75) is 45.7 Å². The lowest BCUT2D eigenvalue weighted by molar-refractivity contribution is -0.0519. The van der Waals surface area contributed by atoms with Crippen molar-refractivity contribution in [2.24, 2.45) is 17.6 Å². The van der Waals surface area contributed by atoms with E-state index >= 15 is 0 Å². The van der Waals surface area contributed by atoms with Crippen LogP contribution in [0.2, 0.25) is 0 Å². The zero-order valence-corrected chi connectivity index (χ0v) is 13.6. The standard InChI is InChI=1S/C17H25N3O2/c1-4-22-15-6-5-10(2)19-16(15)17(21)20-13-7-12(8-13)11(3)14(20)9-18/h5-6,11-14H,4,7-9,18H2,1-3H3/t11-,12?,13?,14?/m1/s1. The molecule has 2 bridgehead atoms. The van der Waals surface area contributed by atoms with Crippen LogP contribution in [0.4, 0.5) is 0 Å². The van der Waals surface area contributed by atoms with Crippen molar-refractivity contribution in [3.63, 3.8) is 0 Å². The van der Waals surface area contributed by atoms with Gasteiger partial charge in [0.15, 0.2) is 11.4 Å². The number of nitrogens with zero attached hydrogens (tertiary/aromatic N) is 2. The largest absolute Gasteiger partial charge is 0.491 e. The number of pyridine rings is 1. The molecule has 3 heterocycles. The quantitative estimate of drug-likeness (QED) is 0.923. The molecule has 2 saturated heterocycles. The molecule has 1 aliphatic carbocycles. The van der Waals surface area contributed by atoms with Gasteiger partial charge in [0.2, 0.25) is 0 Å². The van der Waals surface area contributed by atoms with Gasteiger partial charge in [-0.1, -0.05) is 6.92 Å². The molecule has 5 nitrogen and oxygen atoms in total. The molecule has 0 spiro atoms. The van der Waals surface area contributed by atoms with Crippen LogP contribution in [-0.2, 0) is 0 Å². The molecule has 2 aliphatic heterocycles. The Hall–Kier alpha value is -1.62. The molecule has 1 unspecified atom stereocenters. The second-order valence-corrected chi connectivity index (χ2v) is 6.49. The maximum Gasteiger partial charge on any atom is 0.276 e. The van der Waals surface area contributed by atoms with E-state index in [9.17, 15) is 4.79 Å². The van der Waals surface area contributed by atoms with E-state index in [2.05, 4.69) is 11.9 Å². The fourth-order valence-electron chi connectivity index (χ4n) is 3.86. The number of nitrogens with two attached hydrogens (primary N) is 1. The van der Waals surface area contributed by atoms with Gasteiger partial charge in [0.05, 0.1) is 6.61 Å². The van der Waals surface area contributed by atoms with E-state index in [0.29, 0.717) is 36.6 Å². The second-order valence-electron chi connectivity index (χ2n) is 6.49. The Morgan fingerprint density at radius 2 is 2.18 bits per heavy atom. The summed E-state index contributed by atoms with van der Waals surface area (Å²) in [4.78, 5) is 19.6. The predicted molar refractivity (Wildman–Crippen MR) is 84.8 cm³/mol. The lowest BCUT2D eigenvalue weighted by Gasteiger charge is -2.57. The number of hydrogen-bond acceptors (Lipinski definition) is 4. The third kappa shape index (κ3) is 2.37. The van der Waals surface area contributed by atoms with E-state index in [0.717, 1.165) is 24.5 Å². The van der Waals surface area contributed by atoms with Gasteiger partial charge < -0.3 is 15.4 Å². The summed E-state index contributed by atoms with van der Waals surface area (Å²) >= 11 is 0. The van der Waals surface area contributed by atoms with Gasteiger partial charge in [-0.25, -0.2) is 4.98 Å². The zero-order chi connectivity index (χ0) is 15.9. The predicted octanol–water partition coefficient (Wildman–Crippen LogP) is 1.99. The number of ether oxygens (including phenoxy) is 1. The van der Waals surface area contributed by atoms with Crippen LogP contribution < -0.4 is 10.5 Å². The number of piperidine rings is 2. The number of fused-ring (bicyclic) bond motifs is 2. The normalized spacial score (nSPS) is 29.9. The van der Waals surface area contributed by atoms with Crippen LogP contribution in [0.15, 0.2) is 12.1 Å². The van der Waals surface area contributed by atoms with E-state index in [4.69, 9.17) is 10.5 Å². The van der Waals surface area contributed by atoms with Crippen LogP contribution in [0.25, 0.3) is 0 Å². The van der Waals surface area contributed by atoms with E-state index in [1.807, 2.05) is 30.9 Å². The molecule has 1 aromatic heterocycles. The Morgan fingerprint density at radius 1 is 1.45 bits per heavy atom. The summed E-state index contributed by atoms with van der Waals surface area (Å²) in [7, 11) is 0. The van der Waals surface area contributed by atoms with Crippen molar-refractivity contribution in [1.82, 2.24) is 9.88 Å². The van der Waals surface area contributed by atoms with Gasteiger partial charge in [-0.2, -0.15) is 0 Å². The summed E-state index contributed by atoms with van der Waals surface area (Å²) in [5.74, 6) is 1.72. The fraction of sp³-hybridized carbons (Fsp3) is 0.647. The van der Waals surface area contributed by atoms with Gasteiger partial charge in [0, 0.05) is 24.3 Å². The highest BCUT2D eigenvalue weighted by molar-refractivity contribution is 5.95. The third-order valence-electron chi connectivity index (χ3n) is 5.23. The van der Waals surface area contributed by atoms with Gasteiger partial charge in [-0.3, -0.25) is 4.79 Å². The topological polar surface area (TPSA) is 68.5 Å². The molecule has 2 N–H and O–H groups in total. The van der Waals surface area contributed by atoms with Crippen molar-refractivity contribution in [2.75, 3.05) is 13.2 Å². The first-order valence-corrected chi connectivity index (χ1v) is 8.20. The van der Waals surface area contributed by atoms with E-state index in [1.54, 1.807) is 0 Å². The van der Waals surface area contributed by atoms with E-state index in [1.165, 1.54) is 0 Å². The van der Waals surface area contributed by atoms with Crippen molar-refractivity contribution in [3.05, 3.63) is 23.5 Å². The maximum absolute atomic E-state index is 13.1. The Labute approximate surface area is 131 Å². The van der Waals surface area contributed by atoms with Crippen LogP contribution in [0.1, 0.15) is 42.9 Å². The zero-order valence-electron chi connectivity index (χ0n) is 13.6. The summed E-state index contributed by atoms with van der Waals surface area (Å²) in [6, 6.07) is 4.15. The first-order chi connectivity index (χ1) is 10.6. The first kappa shape index (κ1) is 15.3. The summed E-state index contributed by atoms with van der Waals surface area (Å²) in [5.41, 5.74) is 7.22. The lowest BCUT2D eigenvalue weighted by Crippen LogP contribution is -2.64. The molecule has 0 radical (unpaired) electrons. The lowest BCUT2D eigenvalue weighted by atomic mass is 9.64. The molecule has 3 aliphatic rings. The molecule has 1 aromatic rings. The molecular formula is C17H25N3O2. The van der Waals surface area contributed by atoms with Crippen LogP contribution in [0, 0.1) is 18.8 Å². The molecule has 120 valence electrons. The molecule has 22 heavy (non-hydrogen) atoms. The second kappa shape index (κ2) is 5.88. The van der Waals surface area contributed by atoms with Gasteiger partial charge in [-0.05, 0) is 50.7 Å². The summed E-state index contributed by atoms with van der Waals surface area (Å²) in [5, 5.41) is 0. The number of hydrogen-bond donors (Lipinski definition) is 1. The summed E-state index contributed by atoms with van der Waals surface area (Å²) in [6.07, 6.45) is 2.19. The molecule has 0 aromatic carbocycles. The minimum absolute atomic E-state index is 0.0300. The Bertz CT molecular complexity index is 569. The Morgan fingerprint density at radius 3 is 2.82 bits per heavy atom. The molecule has 3 fully saturated rings. The highest BCUT2D eigenvalue weighted by Crippen LogP contribution is 2.46. The third-order valence-corrected chi connectivity index (χ3v) is 5.23. The monoisotopic (exact) mass is 303 g/mol. The van der Waals surface area contributed by atoms with Gasteiger partial charge in [-0.15, -0.1) is 0 Å². The number of carbonyl (C=O) groups excluding carboxylic acids is 1. The molecule has 4 rings (SSSR count). The molecular weight excluding hydrogens is 278 g/mol. The average molecular weight is 303 g/mol. The van der Waals surface area contributed by atoms with E-state index in [-0.39, 0.29) is 11.9 Å².